The van der Waals surface area contributed by atoms with Crippen LogP contribution in [0.3, 0.4) is 0 Å². The largest absolute Gasteiger partial charge is 0.433 e. The lowest BCUT2D eigenvalue weighted by Crippen LogP contribution is -2.29. The Bertz CT molecular complexity index is 644. The van der Waals surface area contributed by atoms with E-state index < -0.39 is 12.5 Å². The molecule has 0 unspecified atom stereocenters. The van der Waals surface area contributed by atoms with Gasteiger partial charge in [0.25, 0.3) is 11.8 Å². The van der Waals surface area contributed by atoms with Gasteiger partial charge in [0.15, 0.2) is 0 Å². The summed E-state index contributed by atoms with van der Waals surface area (Å²) >= 11 is 2.38. The predicted molar refractivity (Wildman–Crippen MR) is 84.6 cm³/mol. The Morgan fingerprint density at radius 1 is 1.09 bits per heavy atom. The number of hydrogen-bond acceptors (Lipinski definition) is 5. The molecule has 2 rings (SSSR count). The molecule has 2 aromatic rings. The maximum atomic E-state index is 12.2. The van der Waals surface area contributed by atoms with Crippen LogP contribution in [0.15, 0.2) is 29.0 Å². The topological polar surface area (TPSA) is 67.4 Å². The third-order valence-electron chi connectivity index (χ3n) is 2.72. The molecule has 124 valence electrons. The van der Waals surface area contributed by atoms with Gasteiger partial charge in [0.1, 0.15) is 10.6 Å². The van der Waals surface area contributed by atoms with E-state index in [1.807, 2.05) is 5.38 Å². The van der Waals surface area contributed by atoms with Gasteiger partial charge in [-0.3, -0.25) is 9.59 Å². The van der Waals surface area contributed by atoms with Crippen molar-refractivity contribution >= 4 is 34.5 Å². The summed E-state index contributed by atoms with van der Waals surface area (Å²) < 4.78 is 28.7. The lowest BCUT2D eigenvalue weighted by molar-refractivity contribution is -0.0498. The van der Waals surface area contributed by atoms with Gasteiger partial charge in [0.2, 0.25) is 0 Å². The highest BCUT2D eigenvalue weighted by Gasteiger charge is 2.17. The van der Waals surface area contributed by atoms with Crippen LogP contribution in [0.2, 0.25) is 0 Å². The van der Waals surface area contributed by atoms with Gasteiger partial charge in [0.05, 0.1) is 4.88 Å². The Hall–Kier alpha value is -2.00. The second kappa shape index (κ2) is 8.59. The summed E-state index contributed by atoms with van der Waals surface area (Å²) in [6.45, 7) is -2.25. The number of carbonyl (C=O) groups is 2. The lowest BCUT2D eigenvalue weighted by atomic mass is 10.3. The number of thiophene rings is 2. The van der Waals surface area contributed by atoms with Gasteiger partial charge in [-0.25, -0.2) is 0 Å². The van der Waals surface area contributed by atoms with Crippen LogP contribution in [-0.4, -0.2) is 31.5 Å². The second-order valence-corrected chi connectivity index (χ2v) is 6.20. The number of alkyl halides is 2. The molecule has 2 heterocycles. The summed E-state index contributed by atoms with van der Waals surface area (Å²) in [6.07, 6.45) is 0.527. The molecule has 9 heteroatoms. The summed E-state index contributed by atoms with van der Waals surface area (Å²) in [5.74, 6) is -0.758. The first-order valence-electron chi connectivity index (χ1n) is 6.70. The molecule has 0 bridgehead atoms. The highest BCUT2D eigenvalue weighted by molar-refractivity contribution is 7.12. The van der Waals surface area contributed by atoms with Crippen molar-refractivity contribution in [2.45, 2.75) is 13.0 Å². The normalized spacial score (nSPS) is 10.6. The van der Waals surface area contributed by atoms with E-state index in [0.717, 1.165) is 11.3 Å². The molecule has 0 atom stereocenters. The third kappa shape index (κ3) is 5.29. The summed E-state index contributed by atoms with van der Waals surface area (Å²) in [5, 5.41) is 8.66. The maximum absolute atomic E-state index is 12.2. The number of rotatable bonds is 8. The Balaban J connectivity index is 1.69. The molecule has 2 aromatic heterocycles. The quantitative estimate of drug-likeness (QED) is 0.711. The molecule has 0 radical (unpaired) electrons. The molecular formula is C14H14F2N2O3S2. The molecule has 0 aliphatic carbocycles. The molecular weight excluding hydrogens is 346 g/mol. The van der Waals surface area contributed by atoms with Gasteiger partial charge in [-0.15, -0.1) is 22.7 Å². The number of nitrogens with one attached hydrogen (secondary N) is 2. The highest BCUT2D eigenvalue weighted by atomic mass is 32.1. The van der Waals surface area contributed by atoms with Crippen LogP contribution in [0.1, 0.15) is 25.8 Å². The Morgan fingerprint density at radius 3 is 2.48 bits per heavy atom. The first-order chi connectivity index (χ1) is 11.1. The molecule has 0 aromatic carbocycles. The van der Waals surface area contributed by atoms with Gasteiger partial charge in [0, 0.05) is 13.1 Å². The van der Waals surface area contributed by atoms with Gasteiger partial charge in [-0.1, -0.05) is 6.07 Å². The maximum Gasteiger partial charge on any atom is 0.387 e. The molecule has 0 saturated carbocycles. The smallest absolute Gasteiger partial charge is 0.387 e. The van der Waals surface area contributed by atoms with Crippen molar-refractivity contribution in [2.24, 2.45) is 0 Å². The number of hydrogen-bond donors (Lipinski definition) is 2. The number of halogens is 2. The first kappa shape index (κ1) is 17.4. The predicted octanol–water partition coefficient (Wildman–Crippen LogP) is 2.96. The van der Waals surface area contributed by atoms with Crippen molar-refractivity contribution in [3.63, 3.8) is 0 Å². The Morgan fingerprint density at radius 2 is 1.83 bits per heavy atom. The SMILES string of the molecule is O=C(NCCCNC(=O)c1sccc1OC(F)F)c1cccs1. The van der Waals surface area contributed by atoms with E-state index in [9.17, 15) is 18.4 Å². The summed E-state index contributed by atoms with van der Waals surface area (Å²) in [4.78, 5) is 24.3. The zero-order valence-corrected chi connectivity index (χ0v) is 13.5. The zero-order valence-electron chi connectivity index (χ0n) is 11.9. The summed E-state index contributed by atoms with van der Waals surface area (Å²) in [7, 11) is 0. The summed E-state index contributed by atoms with van der Waals surface area (Å²) in [6, 6.07) is 4.84. The average Bonchev–Trinajstić information content (AvgIpc) is 3.17. The molecule has 2 amide bonds. The van der Waals surface area contributed by atoms with Crippen LogP contribution in [-0.2, 0) is 0 Å². The van der Waals surface area contributed by atoms with Crippen molar-refractivity contribution in [1.82, 2.24) is 10.6 Å². The minimum atomic E-state index is -2.97. The van der Waals surface area contributed by atoms with E-state index in [1.165, 1.54) is 22.8 Å². The molecule has 0 aliphatic rings. The van der Waals surface area contributed by atoms with Crippen molar-refractivity contribution in [3.8, 4) is 5.75 Å². The number of carbonyl (C=O) groups excluding carboxylic acids is 2. The fourth-order valence-corrected chi connectivity index (χ4v) is 3.10. The van der Waals surface area contributed by atoms with Crippen LogP contribution in [0.5, 0.6) is 5.75 Å². The highest BCUT2D eigenvalue weighted by Crippen LogP contribution is 2.26. The first-order valence-corrected chi connectivity index (χ1v) is 8.46. The number of amides is 2. The summed E-state index contributed by atoms with van der Waals surface area (Å²) in [5.41, 5.74) is 0. The van der Waals surface area contributed by atoms with E-state index in [1.54, 1.807) is 12.1 Å². The van der Waals surface area contributed by atoms with Crippen molar-refractivity contribution in [1.29, 1.82) is 0 Å². The lowest BCUT2D eigenvalue weighted by Gasteiger charge is -2.07. The van der Waals surface area contributed by atoms with E-state index >= 15 is 0 Å². The third-order valence-corrected chi connectivity index (χ3v) is 4.48. The van der Waals surface area contributed by atoms with Crippen molar-refractivity contribution in [2.75, 3.05) is 13.1 Å². The monoisotopic (exact) mass is 360 g/mol. The fourth-order valence-electron chi connectivity index (χ4n) is 1.72. The Kier molecular flexibility index (Phi) is 6.48. The molecule has 23 heavy (non-hydrogen) atoms. The van der Waals surface area contributed by atoms with Crippen LogP contribution < -0.4 is 15.4 Å². The van der Waals surface area contributed by atoms with Crippen LogP contribution in [0, 0.1) is 0 Å². The van der Waals surface area contributed by atoms with Gasteiger partial charge in [-0.05, 0) is 29.3 Å². The van der Waals surface area contributed by atoms with Gasteiger partial charge in [-0.2, -0.15) is 8.78 Å². The molecule has 0 aliphatic heterocycles. The molecule has 2 N–H and O–H groups in total. The van der Waals surface area contributed by atoms with E-state index in [-0.39, 0.29) is 16.5 Å². The minimum Gasteiger partial charge on any atom is -0.433 e. The fraction of sp³-hybridized carbons (Fsp3) is 0.286. The van der Waals surface area contributed by atoms with Gasteiger partial charge < -0.3 is 15.4 Å². The molecule has 0 fully saturated rings. The Labute approximate surface area is 139 Å². The van der Waals surface area contributed by atoms with E-state index in [0.29, 0.717) is 24.4 Å². The second-order valence-electron chi connectivity index (χ2n) is 4.34. The van der Waals surface area contributed by atoms with Crippen LogP contribution >= 0.6 is 22.7 Å². The van der Waals surface area contributed by atoms with E-state index in [4.69, 9.17) is 0 Å². The minimum absolute atomic E-state index is 0.105. The average molecular weight is 360 g/mol. The molecule has 0 saturated heterocycles. The van der Waals surface area contributed by atoms with Crippen LogP contribution in [0.25, 0.3) is 0 Å². The van der Waals surface area contributed by atoms with Crippen LogP contribution in [0.4, 0.5) is 8.78 Å². The van der Waals surface area contributed by atoms with E-state index in [2.05, 4.69) is 15.4 Å². The zero-order chi connectivity index (χ0) is 16.7. The standard InChI is InChI=1S/C14H14F2N2O3S2/c15-14(16)21-9-4-8-23-11(9)13(20)18-6-2-5-17-12(19)10-3-1-7-22-10/h1,3-4,7-8,14H,2,5-6H2,(H,17,19)(H,18,20). The van der Waals surface area contributed by atoms with Crippen molar-refractivity contribution < 1.29 is 23.1 Å². The van der Waals surface area contributed by atoms with Crippen molar-refractivity contribution in [3.05, 3.63) is 38.7 Å². The van der Waals surface area contributed by atoms with Gasteiger partial charge >= 0.3 is 6.61 Å². The molecule has 0 spiro atoms. The molecule has 5 nitrogen and oxygen atoms in total. The number of ether oxygens (including phenoxy) is 1.